The highest BCUT2D eigenvalue weighted by Crippen LogP contribution is 2.32. The standard InChI is InChI=1S/C27H20N4/c1-3-11-19(12-4-1)25-28-26(20-13-5-2-6-14-20)30-27(29-25)31-23-17-9-7-15-21(23)22-16-8-10-18-24(22)31/h1-18,27H,(H,28,29,30). The first kappa shape index (κ1) is 17.7. The molecule has 0 saturated carbocycles. The number of nitrogens with zero attached hydrogens (tertiary/aromatic N) is 3. The smallest absolute Gasteiger partial charge is 0.204 e. The van der Waals surface area contributed by atoms with Crippen LogP contribution < -0.4 is 5.32 Å². The summed E-state index contributed by atoms with van der Waals surface area (Å²) in [6.45, 7) is 0. The summed E-state index contributed by atoms with van der Waals surface area (Å²) in [4.78, 5) is 9.94. The minimum Gasteiger partial charge on any atom is -0.331 e. The molecule has 5 aromatic rings. The first-order chi connectivity index (χ1) is 15.4. The lowest BCUT2D eigenvalue weighted by Gasteiger charge is -2.25. The number of aliphatic imine (C=N–C) groups is 2. The zero-order valence-electron chi connectivity index (χ0n) is 16.8. The van der Waals surface area contributed by atoms with E-state index in [0.29, 0.717) is 0 Å². The molecule has 4 aromatic carbocycles. The highest BCUT2D eigenvalue weighted by atomic mass is 15.3. The van der Waals surface area contributed by atoms with Crippen molar-refractivity contribution in [3.8, 4) is 0 Å². The summed E-state index contributed by atoms with van der Waals surface area (Å²) in [5.74, 6) is 1.55. The number of aromatic nitrogens is 1. The van der Waals surface area contributed by atoms with Crippen molar-refractivity contribution in [2.45, 2.75) is 6.29 Å². The summed E-state index contributed by atoms with van der Waals surface area (Å²) < 4.78 is 2.27. The van der Waals surface area contributed by atoms with Crippen LogP contribution >= 0.6 is 0 Å². The van der Waals surface area contributed by atoms with Gasteiger partial charge in [0.15, 0.2) is 5.84 Å². The maximum absolute atomic E-state index is 5.05. The van der Waals surface area contributed by atoms with E-state index in [9.17, 15) is 0 Å². The van der Waals surface area contributed by atoms with Gasteiger partial charge in [-0.2, -0.15) is 0 Å². The van der Waals surface area contributed by atoms with Crippen molar-refractivity contribution < 1.29 is 0 Å². The van der Waals surface area contributed by atoms with Crippen LogP contribution in [0.25, 0.3) is 21.8 Å². The summed E-state index contributed by atoms with van der Waals surface area (Å²) in [6.07, 6.45) is -0.312. The average Bonchev–Trinajstić information content (AvgIpc) is 3.19. The molecule has 4 heteroatoms. The molecule has 1 atom stereocenters. The minimum atomic E-state index is -0.312. The van der Waals surface area contributed by atoms with E-state index in [2.05, 4.69) is 82.7 Å². The Labute approximate surface area is 180 Å². The van der Waals surface area contributed by atoms with Gasteiger partial charge in [-0.3, -0.25) is 0 Å². The van der Waals surface area contributed by atoms with Crippen molar-refractivity contribution in [1.29, 1.82) is 0 Å². The lowest BCUT2D eigenvalue weighted by molar-refractivity contribution is 0.516. The molecular formula is C27H20N4. The van der Waals surface area contributed by atoms with Gasteiger partial charge in [0.25, 0.3) is 0 Å². The van der Waals surface area contributed by atoms with Gasteiger partial charge in [0, 0.05) is 21.9 Å². The predicted molar refractivity (Wildman–Crippen MR) is 128 cm³/mol. The molecule has 0 radical (unpaired) electrons. The van der Waals surface area contributed by atoms with Crippen LogP contribution in [-0.4, -0.2) is 16.2 Å². The summed E-state index contributed by atoms with van der Waals surface area (Å²) >= 11 is 0. The van der Waals surface area contributed by atoms with Crippen LogP contribution in [0.4, 0.5) is 0 Å². The zero-order valence-corrected chi connectivity index (χ0v) is 16.8. The van der Waals surface area contributed by atoms with Crippen molar-refractivity contribution in [1.82, 2.24) is 9.88 Å². The molecule has 31 heavy (non-hydrogen) atoms. The van der Waals surface area contributed by atoms with Crippen LogP contribution in [0.2, 0.25) is 0 Å². The van der Waals surface area contributed by atoms with Crippen molar-refractivity contribution >= 4 is 33.5 Å². The summed E-state index contributed by atoms with van der Waals surface area (Å²) in [5.41, 5.74) is 4.33. The van der Waals surface area contributed by atoms with Gasteiger partial charge in [-0.15, -0.1) is 0 Å². The summed E-state index contributed by atoms with van der Waals surface area (Å²) in [5, 5.41) is 6.03. The van der Waals surface area contributed by atoms with Gasteiger partial charge >= 0.3 is 0 Å². The van der Waals surface area contributed by atoms with Gasteiger partial charge < -0.3 is 9.88 Å². The monoisotopic (exact) mass is 400 g/mol. The normalized spacial score (nSPS) is 16.1. The second-order valence-electron chi connectivity index (χ2n) is 7.57. The van der Waals surface area contributed by atoms with Gasteiger partial charge in [0.1, 0.15) is 5.84 Å². The number of nitrogens with one attached hydrogen (secondary N) is 1. The third kappa shape index (κ3) is 3.01. The molecule has 0 saturated heterocycles. The number of amidine groups is 2. The van der Waals surface area contributed by atoms with Crippen LogP contribution in [0.5, 0.6) is 0 Å². The van der Waals surface area contributed by atoms with Gasteiger partial charge in [0.2, 0.25) is 6.29 Å². The lowest BCUT2D eigenvalue weighted by Crippen LogP contribution is -2.36. The second kappa shape index (κ2) is 7.26. The van der Waals surface area contributed by atoms with E-state index < -0.39 is 0 Å². The van der Waals surface area contributed by atoms with Crippen molar-refractivity contribution in [3.63, 3.8) is 0 Å². The fraction of sp³-hybridized carbons (Fsp3) is 0.0370. The van der Waals surface area contributed by atoms with Crippen LogP contribution in [-0.2, 0) is 0 Å². The van der Waals surface area contributed by atoms with Crippen molar-refractivity contribution in [2.24, 2.45) is 9.98 Å². The Balaban J connectivity index is 1.58. The molecule has 6 rings (SSSR count). The Morgan fingerprint density at radius 1 is 0.581 bits per heavy atom. The van der Waals surface area contributed by atoms with Gasteiger partial charge in [-0.05, 0) is 12.1 Å². The number of rotatable bonds is 3. The topological polar surface area (TPSA) is 41.7 Å². The Kier molecular flexibility index (Phi) is 4.13. The molecule has 4 nitrogen and oxygen atoms in total. The van der Waals surface area contributed by atoms with Gasteiger partial charge in [0.05, 0.1) is 11.0 Å². The number of benzene rings is 4. The average molecular weight is 400 g/mol. The number of fused-ring (bicyclic) bond motifs is 3. The first-order valence-corrected chi connectivity index (χ1v) is 10.4. The molecule has 1 aromatic heterocycles. The zero-order chi connectivity index (χ0) is 20.6. The third-order valence-electron chi connectivity index (χ3n) is 5.67. The van der Waals surface area contributed by atoms with E-state index in [-0.39, 0.29) is 6.29 Å². The Bertz CT molecular complexity index is 1390. The largest absolute Gasteiger partial charge is 0.331 e. The Morgan fingerprint density at radius 3 is 1.71 bits per heavy atom. The van der Waals surface area contributed by atoms with E-state index in [1.807, 2.05) is 36.4 Å². The summed E-state index contributed by atoms with van der Waals surface area (Å²) in [6, 6.07) is 37.4. The molecule has 1 N–H and O–H groups in total. The van der Waals surface area contributed by atoms with Gasteiger partial charge in [-0.25, -0.2) is 9.98 Å². The molecule has 1 aliphatic heterocycles. The van der Waals surface area contributed by atoms with E-state index in [0.717, 1.165) is 33.8 Å². The molecule has 0 amide bonds. The van der Waals surface area contributed by atoms with Crippen LogP contribution in [0.1, 0.15) is 17.4 Å². The predicted octanol–water partition coefficient (Wildman–Crippen LogP) is 5.75. The molecule has 1 unspecified atom stereocenters. The highest BCUT2D eigenvalue weighted by molar-refractivity contribution is 6.13. The van der Waals surface area contributed by atoms with Crippen LogP contribution in [0, 0.1) is 0 Å². The van der Waals surface area contributed by atoms with E-state index in [4.69, 9.17) is 9.98 Å². The number of hydrogen-bond donors (Lipinski definition) is 1. The quantitative estimate of drug-likeness (QED) is 0.412. The molecule has 0 fully saturated rings. The fourth-order valence-corrected chi connectivity index (χ4v) is 4.25. The third-order valence-corrected chi connectivity index (χ3v) is 5.67. The van der Waals surface area contributed by atoms with Crippen LogP contribution in [0.3, 0.4) is 0 Å². The van der Waals surface area contributed by atoms with Crippen LogP contribution in [0.15, 0.2) is 119 Å². The summed E-state index contributed by atoms with van der Waals surface area (Å²) in [7, 11) is 0. The molecule has 148 valence electrons. The Hall–Kier alpha value is -4.18. The van der Waals surface area contributed by atoms with Gasteiger partial charge in [-0.1, -0.05) is 97.1 Å². The molecule has 0 aliphatic carbocycles. The van der Waals surface area contributed by atoms with Crippen molar-refractivity contribution in [2.75, 3.05) is 0 Å². The number of para-hydroxylation sites is 2. The second-order valence-corrected chi connectivity index (χ2v) is 7.57. The fourth-order valence-electron chi connectivity index (χ4n) is 4.25. The Morgan fingerprint density at radius 2 is 1.10 bits per heavy atom. The van der Waals surface area contributed by atoms with Crippen molar-refractivity contribution in [3.05, 3.63) is 120 Å². The first-order valence-electron chi connectivity index (χ1n) is 10.4. The van der Waals surface area contributed by atoms with E-state index in [1.165, 1.54) is 10.8 Å². The number of hydrogen-bond acceptors (Lipinski definition) is 3. The maximum Gasteiger partial charge on any atom is 0.204 e. The van der Waals surface area contributed by atoms with E-state index >= 15 is 0 Å². The molecule has 2 heterocycles. The molecule has 0 bridgehead atoms. The minimum absolute atomic E-state index is 0.312. The lowest BCUT2D eigenvalue weighted by atomic mass is 10.1. The SMILES string of the molecule is c1ccc(C2=NC(n3c4ccccc4c4ccccc43)NC(c3ccccc3)=N2)cc1. The van der Waals surface area contributed by atoms with E-state index in [1.54, 1.807) is 0 Å². The molecule has 0 spiro atoms. The molecular weight excluding hydrogens is 380 g/mol. The highest BCUT2D eigenvalue weighted by Gasteiger charge is 2.23. The maximum atomic E-state index is 5.05. The molecule has 1 aliphatic rings.